The molecule has 82 valence electrons. The molecular formula is C9H12ClN3O2. The third-order valence-corrected chi connectivity index (χ3v) is 3.03. The van der Waals surface area contributed by atoms with Crippen LogP contribution in [-0.2, 0) is 0 Å². The van der Waals surface area contributed by atoms with Crippen molar-refractivity contribution in [3.63, 3.8) is 0 Å². The number of rotatable bonds is 2. The van der Waals surface area contributed by atoms with Crippen LogP contribution in [0.3, 0.4) is 0 Å². The zero-order valence-electron chi connectivity index (χ0n) is 8.11. The first kappa shape index (κ1) is 10.4. The van der Waals surface area contributed by atoms with E-state index in [-0.39, 0.29) is 23.1 Å². The Hall–Kier alpha value is -1.07. The van der Waals surface area contributed by atoms with Crippen molar-refractivity contribution in [1.29, 1.82) is 0 Å². The molecule has 1 aliphatic heterocycles. The maximum atomic E-state index is 11.2. The number of aromatic nitrogens is 2. The van der Waals surface area contributed by atoms with Crippen molar-refractivity contribution in [3.05, 3.63) is 21.6 Å². The number of halogens is 1. The van der Waals surface area contributed by atoms with Gasteiger partial charge in [-0.3, -0.25) is 4.79 Å². The number of aliphatic hydroxyl groups is 1. The molecule has 15 heavy (non-hydrogen) atoms. The highest BCUT2D eigenvalue weighted by atomic mass is 35.5. The molecule has 1 aromatic heterocycles. The first-order valence-corrected chi connectivity index (χ1v) is 5.19. The van der Waals surface area contributed by atoms with Crippen LogP contribution in [0.25, 0.3) is 0 Å². The van der Waals surface area contributed by atoms with Crippen LogP contribution in [0.2, 0.25) is 5.02 Å². The van der Waals surface area contributed by atoms with E-state index >= 15 is 0 Å². The Balaban J connectivity index is 2.24. The molecule has 1 aromatic rings. The maximum absolute atomic E-state index is 11.2. The quantitative estimate of drug-likeness (QED) is 0.763. The monoisotopic (exact) mass is 229 g/mol. The van der Waals surface area contributed by atoms with E-state index in [2.05, 4.69) is 10.2 Å². The van der Waals surface area contributed by atoms with E-state index in [0.717, 1.165) is 19.5 Å². The summed E-state index contributed by atoms with van der Waals surface area (Å²) in [5.41, 5.74) is 0.276. The number of aliphatic hydroxyl groups excluding tert-OH is 1. The topological polar surface area (TPSA) is 69.2 Å². The summed E-state index contributed by atoms with van der Waals surface area (Å²) in [6.45, 7) is 1.70. The molecular weight excluding hydrogens is 218 g/mol. The molecule has 0 radical (unpaired) electrons. The SMILES string of the molecule is O=c1[nH]ncc(N2CC[C@H](CO)C2)c1Cl. The number of aromatic amines is 1. The minimum atomic E-state index is -0.374. The number of anilines is 1. The van der Waals surface area contributed by atoms with Crippen molar-refractivity contribution in [1.82, 2.24) is 10.2 Å². The van der Waals surface area contributed by atoms with E-state index in [4.69, 9.17) is 16.7 Å². The van der Waals surface area contributed by atoms with E-state index in [1.54, 1.807) is 6.20 Å². The average molecular weight is 230 g/mol. The van der Waals surface area contributed by atoms with E-state index in [1.165, 1.54) is 0 Å². The number of nitrogens with one attached hydrogen (secondary N) is 1. The Bertz CT molecular complexity index is 407. The van der Waals surface area contributed by atoms with Gasteiger partial charge in [0, 0.05) is 25.6 Å². The molecule has 1 atom stereocenters. The fourth-order valence-corrected chi connectivity index (χ4v) is 2.01. The summed E-state index contributed by atoms with van der Waals surface area (Å²) >= 11 is 5.88. The van der Waals surface area contributed by atoms with Gasteiger partial charge in [0.05, 0.1) is 11.9 Å². The highest BCUT2D eigenvalue weighted by molar-refractivity contribution is 6.33. The Morgan fingerprint density at radius 1 is 1.73 bits per heavy atom. The molecule has 1 aliphatic rings. The predicted octanol–water partition coefficient (Wildman–Crippen LogP) is 0.242. The summed E-state index contributed by atoms with van der Waals surface area (Å²) in [4.78, 5) is 13.2. The smallest absolute Gasteiger partial charge is 0.285 e. The molecule has 0 bridgehead atoms. The molecule has 2 rings (SSSR count). The first-order valence-electron chi connectivity index (χ1n) is 4.81. The van der Waals surface area contributed by atoms with Crippen LogP contribution in [-0.4, -0.2) is 35.0 Å². The Kier molecular flexibility index (Phi) is 2.93. The Morgan fingerprint density at radius 3 is 3.20 bits per heavy atom. The van der Waals surface area contributed by atoms with Crippen LogP contribution < -0.4 is 10.5 Å². The van der Waals surface area contributed by atoms with E-state index in [9.17, 15) is 4.79 Å². The zero-order valence-corrected chi connectivity index (χ0v) is 8.87. The third-order valence-electron chi connectivity index (χ3n) is 2.66. The predicted molar refractivity (Wildman–Crippen MR) is 57.3 cm³/mol. The molecule has 1 saturated heterocycles. The van der Waals surface area contributed by atoms with Crippen molar-refractivity contribution >= 4 is 17.3 Å². The van der Waals surface area contributed by atoms with Gasteiger partial charge in [0.1, 0.15) is 5.02 Å². The van der Waals surface area contributed by atoms with Gasteiger partial charge in [0.15, 0.2) is 0 Å². The number of hydrogen-bond donors (Lipinski definition) is 2. The van der Waals surface area contributed by atoms with Gasteiger partial charge in [-0.25, -0.2) is 5.10 Å². The highest BCUT2D eigenvalue weighted by Crippen LogP contribution is 2.26. The molecule has 0 amide bonds. The molecule has 2 N–H and O–H groups in total. The molecule has 0 aliphatic carbocycles. The molecule has 2 heterocycles. The lowest BCUT2D eigenvalue weighted by Crippen LogP contribution is -2.23. The van der Waals surface area contributed by atoms with Crippen LogP contribution in [0.15, 0.2) is 11.0 Å². The van der Waals surface area contributed by atoms with Crippen LogP contribution in [0, 0.1) is 5.92 Å². The lowest BCUT2D eigenvalue weighted by Gasteiger charge is -2.18. The van der Waals surface area contributed by atoms with Crippen molar-refractivity contribution in [2.75, 3.05) is 24.6 Å². The summed E-state index contributed by atoms with van der Waals surface area (Å²) in [5, 5.41) is 15.2. The van der Waals surface area contributed by atoms with Crippen molar-refractivity contribution < 1.29 is 5.11 Å². The summed E-state index contributed by atoms with van der Waals surface area (Å²) in [6, 6.07) is 0. The van der Waals surface area contributed by atoms with Crippen LogP contribution in [0.5, 0.6) is 0 Å². The number of nitrogens with zero attached hydrogens (tertiary/aromatic N) is 2. The normalized spacial score (nSPS) is 20.9. The lowest BCUT2D eigenvalue weighted by atomic mass is 10.1. The molecule has 0 unspecified atom stereocenters. The summed E-state index contributed by atoms with van der Waals surface area (Å²) in [5.74, 6) is 0.264. The van der Waals surface area contributed by atoms with Gasteiger partial charge in [-0.1, -0.05) is 11.6 Å². The second-order valence-corrected chi connectivity index (χ2v) is 4.06. The van der Waals surface area contributed by atoms with Gasteiger partial charge >= 0.3 is 0 Å². The standard InChI is InChI=1S/C9H12ClN3O2/c10-8-7(3-11-12-9(8)15)13-2-1-6(4-13)5-14/h3,6,14H,1-2,4-5H2,(H,12,15)/t6-/m0/s1. The first-order chi connectivity index (χ1) is 7.22. The number of H-pyrrole nitrogens is 1. The van der Waals surface area contributed by atoms with Gasteiger partial charge in [0.25, 0.3) is 5.56 Å². The van der Waals surface area contributed by atoms with Crippen LogP contribution in [0.1, 0.15) is 6.42 Å². The fraction of sp³-hybridized carbons (Fsp3) is 0.556. The molecule has 0 aromatic carbocycles. The molecule has 5 nitrogen and oxygen atoms in total. The van der Waals surface area contributed by atoms with Gasteiger partial charge in [-0.2, -0.15) is 5.10 Å². The van der Waals surface area contributed by atoms with Gasteiger partial charge in [-0.05, 0) is 6.42 Å². The van der Waals surface area contributed by atoms with Crippen molar-refractivity contribution in [2.24, 2.45) is 5.92 Å². The fourth-order valence-electron chi connectivity index (χ4n) is 1.80. The average Bonchev–Trinajstić information content (AvgIpc) is 2.70. The molecule has 0 spiro atoms. The summed E-state index contributed by atoms with van der Waals surface area (Å²) in [7, 11) is 0. The maximum Gasteiger partial charge on any atom is 0.285 e. The summed E-state index contributed by atoms with van der Waals surface area (Å²) < 4.78 is 0. The Morgan fingerprint density at radius 2 is 2.53 bits per heavy atom. The highest BCUT2D eigenvalue weighted by Gasteiger charge is 2.24. The second kappa shape index (κ2) is 4.20. The third kappa shape index (κ3) is 1.98. The number of hydrogen-bond acceptors (Lipinski definition) is 4. The van der Waals surface area contributed by atoms with E-state index < -0.39 is 0 Å². The van der Waals surface area contributed by atoms with Crippen molar-refractivity contribution in [2.45, 2.75) is 6.42 Å². The van der Waals surface area contributed by atoms with E-state index in [1.807, 2.05) is 4.90 Å². The van der Waals surface area contributed by atoms with Gasteiger partial charge < -0.3 is 10.0 Å². The molecule has 6 heteroatoms. The van der Waals surface area contributed by atoms with E-state index in [0.29, 0.717) is 5.69 Å². The van der Waals surface area contributed by atoms with Gasteiger partial charge in [-0.15, -0.1) is 0 Å². The van der Waals surface area contributed by atoms with Gasteiger partial charge in [0.2, 0.25) is 0 Å². The minimum absolute atomic E-state index is 0.170. The molecule has 0 saturated carbocycles. The van der Waals surface area contributed by atoms with Crippen molar-refractivity contribution in [3.8, 4) is 0 Å². The van der Waals surface area contributed by atoms with Crippen LogP contribution in [0.4, 0.5) is 5.69 Å². The zero-order chi connectivity index (χ0) is 10.8. The largest absolute Gasteiger partial charge is 0.396 e. The molecule has 1 fully saturated rings. The lowest BCUT2D eigenvalue weighted by molar-refractivity contribution is 0.238. The van der Waals surface area contributed by atoms with Crippen LogP contribution >= 0.6 is 11.6 Å². The summed E-state index contributed by atoms with van der Waals surface area (Å²) in [6.07, 6.45) is 2.46. The minimum Gasteiger partial charge on any atom is -0.396 e. The second-order valence-electron chi connectivity index (χ2n) is 3.68. The Labute approximate surface area is 91.7 Å².